The van der Waals surface area contributed by atoms with Gasteiger partial charge in [-0.15, -0.1) is 0 Å². The Morgan fingerprint density at radius 3 is 2.70 bits per heavy atom. The fraction of sp³-hybridized carbons (Fsp3) is 0.133. The van der Waals surface area contributed by atoms with E-state index in [-0.39, 0.29) is 6.79 Å². The minimum absolute atomic E-state index is 0.257. The summed E-state index contributed by atoms with van der Waals surface area (Å²) < 4.78 is 11.5. The summed E-state index contributed by atoms with van der Waals surface area (Å²) in [5.41, 5.74) is 1.96. The molecule has 1 aliphatic heterocycles. The summed E-state index contributed by atoms with van der Waals surface area (Å²) in [7, 11) is 0. The van der Waals surface area contributed by atoms with Gasteiger partial charge in [-0.2, -0.15) is 0 Å². The molecule has 102 valence electrons. The van der Waals surface area contributed by atoms with Crippen LogP contribution in [0.2, 0.25) is 0 Å². The van der Waals surface area contributed by atoms with Crippen molar-refractivity contribution in [2.75, 3.05) is 6.79 Å². The Kier molecular flexibility index (Phi) is 3.87. The Morgan fingerprint density at radius 1 is 1.15 bits per heavy atom. The average molecular weight is 334 g/mol. The molecule has 0 atom stereocenters. The van der Waals surface area contributed by atoms with Crippen molar-refractivity contribution in [1.82, 2.24) is 0 Å². The minimum atomic E-state index is 0.257. The number of hydrogen-bond acceptors (Lipinski definition) is 4. The predicted octanol–water partition coefficient (Wildman–Crippen LogP) is 3.73. The van der Waals surface area contributed by atoms with Gasteiger partial charge in [-0.1, -0.05) is 35.5 Å². The van der Waals surface area contributed by atoms with E-state index in [4.69, 9.17) is 14.3 Å². The fourth-order valence-corrected chi connectivity index (χ4v) is 2.24. The minimum Gasteiger partial charge on any atom is -0.454 e. The molecule has 0 spiro atoms. The van der Waals surface area contributed by atoms with E-state index >= 15 is 0 Å². The van der Waals surface area contributed by atoms with E-state index in [1.54, 1.807) is 6.21 Å². The van der Waals surface area contributed by atoms with Crippen molar-refractivity contribution in [3.8, 4) is 11.5 Å². The highest BCUT2D eigenvalue weighted by Crippen LogP contribution is 2.36. The standard InChI is InChI=1S/C15H12BrNO3/c16-13-7-15-14(18-10-19-15)6-12(13)8-17-20-9-11-4-2-1-3-5-11/h1-8H,9-10H2/b17-8+. The van der Waals surface area contributed by atoms with Crippen molar-refractivity contribution >= 4 is 22.1 Å². The molecule has 4 nitrogen and oxygen atoms in total. The number of rotatable bonds is 4. The molecular weight excluding hydrogens is 322 g/mol. The number of benzene rings is 2. The first-order valence-corrected chi connectivity index (χ1v) is 6.90. The Hall–Kier alpha value is -2.01. The van der Waals surface area contributed by atoms with Crippen molar-refractivity contribution in [2.24, 2.45) is 5.16 Å². The highest BCUT2D eigenvalue weighted by Gasteiger charge is 2.15. The van der Waals surface area contributed by atoms with E-state index in [0.29, 0.717) is 6.61 Å². The van der Waals surface area contributed by atoms with Gasteiger partial charge in [0.1, 0.15) is 6.61 Å². The molecule has 2 aromatic carbocycles. The second-order valence-electron chi connectivity index (χ2n) is 4.22. The number of nitrogens with zero attached hydrogens (tertiary/aromatic N) is 1. The maximum Gasteiger partial charge on any atom is 0.231 e. The molecule has 20 heavy (non-hydrogen) atoms. The molecule has 0 radical (unpaired) electrons. The maximum atomic E-state index is 5.32. The van der Waals surface area contributed by atoms with Gasteiger partial charge in [0.05, 0.1) is 6.21 Å². The highest BCUT2D eigenvalue weighted by molar-refractivity contribution is 9.10. The first-order valence-electron chi connectivity index (χ1n) is 6.11. The van der Waals surface area contributed by atoms with Crippen LogP contribution in [0.3, 0.4) is 0 Å². The van der Waals surface area contributed by atoms with E-state index in [1.807, 2.05) is 42.5 Å². The summed E-state index contributed by atoms with van der Waals surface area (Å²) in [4.78, 5) is 5.27. The van der Waals surface area contributed by atoms with Crippen molar-refractivity contribution in [1.29, 1.82) is 0 Å². The molecule has 0 saturated carbocycles. The summed E-state index contributed by atoms with van der Waals surface area (Å²) >= 11 is 3.46. The van der Waals surface area contributed by atoms with Crippen LogP contribution < -0.4 is 9.47 Å². The maximum absolute atomic E-state index is 5.32. The van der Waals surface area contributed by atoms with Crippen LogP contribution in [-0.4, -0.2) is 13.0 Å². The number of fused-ring (bicyclic) bond motifs is 1. The van der Waals surface area contributed by atoms with Crippen LogP contribution in [0.15, 0.2) is 52.1 Å². The molecule has 1 heterocycles. The SMILES string of the molecule is Brc1cc2c(cc1/C=N/OCc1ccccc1)OCO2. The summed E-state index contributed by atoms with van der Waals surface area (Å²) in [6.07, 6.45) is 1.65. The van der Waals surface area contributed by atoms with E-state index < -0.39 is 0 Å². The normalized spacial score (nSPS) is 12.8. The van der Waals surface area contributed by atoms with Gasteiger partial charge in [-0.05, 0) is 33.6 Å². The van der Waals surface area contributed by atoms with E-state index in [1.165, 1.54) is 0 Å². The van der Waals surface area contributed by atoms with Gasteiger partial charge in [-0.3, -0.25) is 0 Å². The zero-order chi connectivity index (χ0) is 13.8. The van der Waals surface area contributed by atoms with Gasteiger partial charge in [0.2, 0.25) is 6.79 Å². The third-order valence-corrected chi connectivity index (χ3v) is 3.52. The van der Waals surface area contributed by atoms with Gasteiger partial charge >= 0.3 is 0 Å². The molecule has 0 bridgehead atoms. The highest BCUT2D eigenvalue weighted by atomic mass is 79.9. The molecule has 0 N–H and O–H groups in total. The van der Waals surface area contributed by atoms with E-state index in [2.05, 4.69) is 21.1 Å². The topological polar surface area (TPSA) is 40.0 Å². The van der Waals surface area contributed by atoms with Gasteiger partial charge in [-0.25, -0.2) is 0 Å². The first-order chi connectivity index (χ1) is 9.83. The lowest BCUT2D eigenvalue weighted by molar-refractivity contribution is 0.132. The third-order valence-electron chi connectivity index (χ3n) is 2.83. The van der Waals surface area contributed by atoms with Crippen LogP contribution in [-0.2, 0) is 11.4 Å². The molecule has 2 aromatic rings. The average Bonchev–Trinajstić information content (AvgIpc) is 2.91. The van der Waals surface area contributed by atoms with Crippen LogP contribution in [0.25, 0.3) is 0 Å². The van der Waals surface area contributed by atoms with Crippen LogP contribution in [0.1, 0.15) is 11.1 Å². The van der Waals surface area contributed by atoms with Crippen LogP contribution in [0.4, 0.5) is 0 Å². The third kappa shape index (κ3) is 2.93. The molecule has 3 rings (SSSR count). The molecule has 0 aromatic heterocycles. The van der Waals surface area contributed by atoms with Gasteiger partial charge in [0.15, 0.2) is 11.5 Å². The second-order valence-corrected chi connectivity index (χ2v) is 5.07. The van der Waals surface area contributed by atoms with Crippen molar-refractivity contribution in [2.45, 2.75) is 6.61 Å². The van der Waals surface area contributed by atoms with Crippen LogP contribution >= 0.6 is 15.9 Å². The number of halogens is 1. The lowest BCUT2D eigenvalue weighted by Gasteiger charge is -2.02. The summed E-state index contributed by atoms with van der Waals surface area (Å²) in [6, 6.07) is 13.6. The monoisotopic (exact) mass is 333 g/mol. The Balaban J connectivity index is 1.64. The van der Waals surface area contributed by atoms with Gasteiger partial charge in [0.25, 0.3) is 0 Å². The largest absolute Gasteiger partial charge is 0.454 e. The smallest absolute Gasteiger partial charge is 0.231 e. The zero-order valence-corrected chi connectivity index (χ0v) is 12.2. The number of hydrogen-bond donors (Lipinski definition) is 0. The zero-order valence-electron chi connectivity index (χ0n) is 10.6. The van der Waals surface area contributed by atoms with Gasteiger partial charge < -0.3 is 14.3 Å². The van der Waals surface area contributed by atoms with Crippen molar-refractivity contribution in [3.63, 3.8) is 0 Å². The number of oxime groups is 1. The Bertz CT molecular complexity index is 629. The lowest BCUT2D eigenvalue weighted by atomic mass is 10.2. The first kappa shape index (κ1) is 13.0. The summed E-state index contributed by atoms with van der Waals surface area (Å²) in [6.45, 7) is 0.701. The molecule has 0 fully saturated rings. The molecule has 0 amide bonds. The van der Waals surface area contributed by atoms with Crippen LogP contribution in [0, 0.1) is 0 Å². The summed E-state index contributed by atoms with van der Waals surface area (Å²) in [5, 5.41) is 3.97. The van der Waals surface area contributed by atoms with E-state index in [9.17, 15) is 0 Å². The molecule has 5 heteroatoms. The predicted molar refractivity (Wildman–Crippen MR) is 79.1 cm³/mol. The Labute approximate surface area is 125 Å². The molecular formula is C15H12BrNO3. The second kappa shape index (κ2) is 5.96. The molecule has 0 saturated heterocycles. The van der Waals surface area contributed by atoms with Crippen molar-refractivity contribution in [3.05, 3.63) is 58.1 Å². The Morgan fingerprint density at radius 2 is 1.90 bits per heavy atom. The lowest BCUT2D eigenvalue weighted by Crippen LogP contribution is -1.92. The van der Waals surface area contributed by atoms with E-state index in [0.717, 1.165) is 27.1 Å². The number of ether oxygens (including phenoxy) is 2. The molecule has 0 aliphatic carbocycles. The van der Waals surface area contributed by atoms with Gasteiger partial charge in [0, 0.05) is 10.0 Å². The molecule has 0 unspecified atom stereocenters. The molecule has 1 aliphatic rings. The van der Waals surface area contributed by atoms with Crippen molar-refractivity contribution < 1.29 is 14.3 Å². The summed E-state index contributed by atoms with van der Waals surface area (Å²) in [5.74, 6) is 1.46. The quantitative estimate of drug-likeness (QED) is 0.632. The van der Waals surface area contributed by atoms with Crippen LogP contribution in [0.5, 0.6) is 11.5 Å². The fourth-order valence-electron chi connectivity index (χ4n) is 1.81.